The zero-order chi connectivity index (χ0) is 21.1. The van der Waals surface area contributed by atoms with Crippen LogP contribution in [0.25, 0.3) is 0 Å². The summed E-state index contributed by atoms with van der Waals surface area (Å²) in [6, 6.07) is 3.36. The first-order valence-electron chi connectivity index (χ1n) is 9.89. The van der Waals surface area contributed by atoms with Crippen molar-refractivity contribution in [1.29, 1.82) is 0 Å². The van der Waals surface area contributed by atoms with E-state index in [-0.39, 0.29) is 34.6 Å². The minimum Gasteiger partial charge on any atom is -0.469 e. The van der Waals surface area contributed by atoms with Crippen LogP contribution < -0.4 is 10.2 Å². The van der Waals surface area contributed by atoms with Crippen molar-refractivity contribution in [2.45, 2.75) is 57.5 Å². The number of amides is 1. The molecule has 0 bridgehead atoms. The molecule has 9 nitrogen and oxygen atoms in total. The third-order valence-electron chi connectivity index (χ3n) is 5.95. The highest BCUT2D eigenvalue weighted by molar-refractivity contribution is 5.92. The van der Waals surface area contributed by atoms with E-state index in [4.69, 9.17) is 9.47 Å². The minimum atomic E-state index is -0.519. The Morgan fingerprint density at radius 2 is 1.83 bits per heavy atom. The average molecular weight is 405 g/mol. The molecule has 1 N–H and O–H groups in total. The lowest BCUT2D eigenvalue weighted by Gasteiger charge is -2.34. The van der Waals surface area contributed by atoms with Gasteiger partial charge in [-0.2, -0.15) is 0 Å². The number of methoxy groups -OCH3 is 2. The number of nitrogens with one attached hydrogen (secondary N) is 1. The van der Waals surface area contributed by atoms with E-state index in [0.29, 0.717) is 42.6 Å². The van der Waals surface area contributed by atoms with Crippen molar-refractivity contribution in [3.8, 4) is 0 Å². The highest BCUT2D eigenvalue weighted by atomic mass is 16.6. The Morgan fingerprint density at radius 1 is 1.14 bits per heavy atom. The molecule has 1 aliphatic carbocycles. The second-order valence-electron chi connectivity index (χ2n) is 7.66. The minimum absolute atomic E-state index is 0.0124. The van der Waals surface area contributed by atoms with Crippen molar-refractivity contribution in [1.82, 2.24) is 0 Å². The lowest BCUT2D eigenvalue weighted by Crippen LogP contribution is -2.42. The van der Waals surface area contributed by atoms with Crippen LogP contribution in [0.1, 0.15) is 44.6 Å². The van der Waals surface area contributed by atoms with Crippen molar-refractivity contribution < 1.29 is 24.0 Å². The molecule has 3 rings (SSSR count). The van der Waals surface area contributed by atoms with E-state index >= 15 is 0 Å². The molecular weight excluding hydrogens is 378 g/mol. The van der Waals surface area contributed by atoms with Gasteiger partial charge in [-0.15, -0.1) is 0 Å². The first-order valence-corrected chi connectivity index (χ1v) is 9.89. The Hall–Kier alpha value is -2.84. The van der Waals surface area contributed by atoms with E-state index in [9.17, 15) is 19.7 Å². The molecule has 0 unspecified atom stereocenters. The number of hydrogen-bond acceptors (Lipinski definition) is 7. The van der Waals surface area contributed by atoms with Crippen LogP contribution in [0.4, 0.5) is 21.9 Å². The van der Waals surface area contributed by atoms with Gasteiger partial charge < -0.3 is 14.8 Å². The van der Waals surface area contributed by atoms with Gasteiger partial charge in [-0.3, -0.25) is 19.8 Å². The van der Waals surface area contributed by atoms with Crippen LogP contribution in [0, 0.1) is 16.0 Å². The van der Waals surface area contributed by atoms with Crippen LogP contribution in [-0.4, -0.2) is 43.3 Å². The van der Waals surface area contributed by atoms with Gasteiger partial charge in [-0.1, -0.05) is 0 Å². The van der Waals surface area contributed by atoms with Crippen molar-refractivity contribution >= 4 is 29.1 Å². The highest BCUT2D eigenvalue weighted by Crippen LogP contribution is 2.42. The smallest absolute Gasteiger partial charge is 0.414 e. The first-order chi connectivity index (χ1) is 13.9. The third-order valence-corrected chi connectivity index (χ3v) is 5.95. The number of anilines is 2. The molecule has 1 aromatic rings. The van der Waals surface area contributed by atoms with E-state index in [1.165, 1.54) is 19.1 Å². The summed E-state index contributed by atoms with van der Waals surface area (Å²) >= 11 is 0. The lowest BCUT2D eigenvalue weighted by atomic mass is 9.86. The molecule has 1 amide bonds. The maximum atomic E-state index is 12.2. The van der Waals surface area contributed by atoms with Crippen LogP contribution >= 0.6 is 0 Å². The molecular formula is C20H27N3O6. The molecule has 0 aromatic heterocycles. The second-order valence-corrected chi connectivity index (χ2v) is 7.66. The summed E-state index contributed by atoms with van der Waals surface area (Å²) in [5.74, 6) is -0.299. The van der Waals surface area contributed by atoms with Crippen LogP contribution in [-0.2, 0) is 20.7 Å². The van der Waals surface area contributed by atoms with Crippen molar-refractivity contribution in [2.75, 3.05) is 24.4 Å². The van der Waals surface area contributed by atoms with E-state index in [0.717, 1.165) is 12.8 Å². The molecule has 29 heavy (non-hydrogen) atoms. The van der Waals surface area contributed by atoms with Gasteiger partial charge >= 0.3 is 12.1 Å². The van der Waals surface area contributed by atoms with Gasteiger partial charge in [0.2, 0.25) is 0 Å². The first kappa shape index (κ1) is 20.9. The van der Waals surface area contributed by atoms with Gasteiger partial charge in [0.25, 0.3) is 5.69 Å². The number of hydrogen-bond donors (Lipinski definition) is 1. The molecule has 1 aliphatic heterocycles. The van der Waals surface area contributed by atoms with Crippen molar-refractivity contribution in [3.63, 3.8) is 0 Å². The monoisotopic (exact) mass is 405 g/mol. The number of esters is 1. The molecule has 0 radical (unpaired) electrons. The molecule has 1 fully saturated rings. The normalized spacial score (nSPS) is 23.7. The molecule has 1 aromatic carbocycles. The predicted molar refractivity (Wildman–Crippen MR) is 107 cm³/mol. The molecule has 0 saturated heterocycles. The fraction of sp³-hybridized carbons (Fsp3) is 0.600. The quantitative estimate of drug-likeness (QED) is 0.462. The molecule has 9 heteroatoms. The predicted octanol–water partition coefficient (Wildman–Crippen LogP) is 3.65. The number of carbonyl (C=O) groups excluding carboxylic acids is 2. The SMILES string of the molecule is COC(=O)C1CCC(Nc2ccc3c(c2[N+](=O)[O-])CC[C@H](C)N3C(=O)OC)CC1. The summed E-state index contributed by atoms with van der Waals surface area (Å²) in [5.41, 5.74) is 1.54. The third kappa shape index (κ3) is 4.13. The Balaban J connectivity index is 1.85. The summed E-state index contributed by atoms with van der Waals surface area (Å²) in [5, 5.41) is 15.2. The van der Waals surface area contributed by atoms with Gasteiger partial charge in [0.05, 0.1) is 36.3 Å². The summed E-state index contributed by atoms with van der Waals surface area (Å²) in [4.78, 5) is 36.9. The maximum Gasteiger partial charge on any atom is 0.414 e. The summed E-state index contributed by atoms with van der Waals surface area (Å²) in [6.07, 6.45) is 3.47. The molecule has 0 spiro atoms. The fourth-order valence-corrected chi connectivity index (χ4v) is 4.38. The van der Waals surface area contributed by atoms with Gasteiger partial charge in [0.15, 0.2) is 0 Å². The number of fused-ring (bicyclic) bond motifs is 1. The summed E-state index contributed by atoms with van der Waals surface area (Å²) in [7, 11) is 2.69. The zero-order valence-electron chi connectivity index (χ0n) is 17.0. The van der Waals surface area contributed by atoms with Crippen molar-refractivity contribution in [3.05, 3.63) is 27.8 Å². The van der Waals surface area contributed by atoms with Gasteiger partial charge in [0.1, 0.15) is 5.69 Å². The van der Waals surface area contributed by atoms with Crippen LogP contribution in [0.2, 0.25) is 0 Å². The zero-order valence-corrected chi connectivity index (χ0v) is 17.0. The number of nitro groups is 1. The molecule has 1 heterocycles. The number of rotatable bonds is 4. The van der Waals surface area contributed by atoms with Gasteiger partial charge in [0, 0.05) is 12.1 Å². The number of ether oxygens (including phenoxy) is 2. The largest absolute Gasteiger partial charge is 0.469 e. The second kappa shape index (κ2) is 8.67. The Bertz CT molecular complexity index is 804. The number of carbonyl (C=O) groups is 2. The topological polar surface area (TPSA) is 111 Å². The molecule has 158 valence electrons. The summed E-state index contributed by atoms with van der Waals surface area (Å²) in [6.45, 7) is 1.90. The van der Waals surface area contributed by atoms with Crippen LogP contribution in [0.3, 0.4) is 0 Å². The average Bonchev–Trinajstić information content (AvgIpc) is 2.72. The van der Waals surface area contributed by atoms with Crippen LogP contribution in [0.15, 0.2) is 12.1 Å². The van der Waals surface area contributed by atoms with Gasteiger partial charge in [-0.25, -0.2) is 4.79 Å². The molecule has 1 saturated carbocycles. The number of nitrogens with zero attached hydrogens (tertiary/aromatic N) is 2. The van der Waals surface area contributed by atoms with E-state index in [1.54, 1.807) is 12.1 Å². The maximum absolute atomic E-state index is 12.2. The highest BCUT2D eigenvalue weighted by Gasteiger charge is 2.36. The number of nitro benzene ring substituents is 1. The van der Waals surface area contributed by atoms with E-state index in [2.05, 4.69) is 5.32 Å². The van der Waals surface area contributed by atoms with Crippen LogP contribution in [0.5, 0.6) is 0 Å². The summed E-state index contributed by atoms with van der Waals surface area (Å²) < 4.78 is 9.68. The lowest BCUT2D eigenvalue weighted by molar-refractivity contribution is -0.384. The number of benzene rings is 1. The Morgan fingerprint density at radius 3 is 2.41 bits per heavy atom. The van der Waals surface area contributed by atoms with E-state index in [1.807, 2.05) is 6.92 Å². The van der Waals surface area contributed by atoms with Crippen molar-refractivity contribution in [2.24, 2.45) is 5.92 Å². The fourth-order valence-electron chi connectivity index (χ4n) is 4.38. The molecule has 1 atom stereocenters. The Kier molecular flexibility index (Phi) is 6.24. The standard InChI is InChI=1S/C20H27N3O6/c1-12-4-9-15-17(22(12)20(25)29-3)11-10-16(18(15)23(26)27)21-14-7-5-13(6-8-14)19(24)28-2/h10-14,21H,4-9H2,1-3H3/t12-,13?,14?/m0/s1. The van der Waals surface area contributed by atoms with E-state index < -0.39 is 6.09 Å². The molecule has 2 aliphatic rings. The van der Waals surface area contributed by atoms with Gasteiger partial charge in [-0.05, 0) is 57.6 Å². The Labute approximate surface area is 169 Å².